The van der Waals surface area contributed by atoms with E-state index in [0.717, 1.165) is 6.42 Å². The Hall–Kier alpha value is -5.22. The molecule has 0 saturated carbocycles. The highest BCUT2D eigenvalue weighted by atomic mass is 32.2. The van der Waals surface area contributed by atoms with Crippen LogP contribution in [0.3, 0.4) is 0 Å². The fraction of sp³-hybridized carbons (Fsp3) is 0.278. The molecule has 6 nitrogen and oxygen atoms in total. The monoisotopic (exact) mass is 900 g/mol. The van der Waals surface area contributed by atoms with Crippen LogP contribution in [0.4, 0.5) is 0 Å². The van der Waals surface area contributed by atoms with E-state index in [0.29, 0.717) is 32.1 Å². The summed E-state index contributed by atoms with van der Waals surface area (Å²) in [6.07, 6.45) is 4.60. The van der Waals surface area contributed by atoms with Crippen molar-refractivity contribution in [2.45, 2.75) is 129 Å². The van der Waals surface area contributed by atoms with Crippen LogP contribution >= 0.6 is 35.3 Å². The highest BCUT2D eigenvalue weighted by molar-refractivity contribution is 8.00. The summed E-state index contributed by atoms with van der Waals surface area (Å²) in [6.45, 7) is 12.8. The number of carboxylic acid groups (broad SMARTS) is 3. The molecular formula is C54H60O6S3. The third-order valence-electron chi connectivity index (χ3n) is 10.7. The molecule has 0 spiro atoms. The van der Waals surface area contributed by atoms with Crippen LogP contribution in [0.1, 0.15) is 88.6 Å². The molecule has 330 valence electrons. The second-order valence-electron chi connectivity index (χ2n) is 15.4. The summed E-state index contributed by atoms with van der Waals surface area (Å²) in [5, 5.41) is 26.8. The zero-order valence-corrected chi connectivity index (χ0v) is 39.7. The minimum Gasteiger partial charge on any atom is -0.481 e. The van der Waals surface area contributed by atoms with Crippen molar-refractivity contribution in [3.8, 4) is 0 Å². The van der Waals surface area contributed by atoms with Crippen molar-refractivity contribution in [3.05, 3.63) is 177 Å². The highest BCUT2D eigenvalue weighted by Crippen LogP contribution is 2.42. The van der Waals surface area contributed by atoms with Crippen molar-refractivity contribution < 1.29 is 29.7 Å². The maximum Gasteiger partial charge on any atom is 0.303 e. The van der Waals surface area contributed by atoms with Gasteiger partial charge in [-0.25, -0.2) is 0 Å². The van der Waals surface area contributed by atoms with Crippen LogP contribution in [0.2, 0.25) is 0 Å². The van der Waals surface area contributed by atoms with Crippen LogP contribution < -0.4 is 0 Å². The van der Waals surface area contributed by atoms with Gasteiger partial charge in [0.05, 0.1) is 0 Å². The number of aryl methyl sites for hydroxylation is 3. The topological polar surface area (TPSA) is 112 Å². The van der Waals surface area contributed by atoms with Gasteiger partial charge in [0.15, 0.2) is 0 Å². The van der Waals surface area contributed by atoms with E-state index in [1.165, 1.54) is 79.4 Å². The molecule has 0 unspecified atom stereocenters. The van der Waals surface area contributed by atoms with Crippen molar-refractivity contribution in [1.82, 2.24) is 0 Å². The molecule has 0 heterocycles. The third-order valence-corrected chi connectivity index (χ3v) is 14.4. The molecule has 0 radical (unpaired) electrons. The van der Waals surface area contributed by atoms with Crippen LogP contribution in [0, 0.1) is 41.5 Å². The quantitative estimate of drug-likeness (QED) is 0.0776. The van der Waals surface area contributed by atoms with Crippen LogP contribution in [-0.4, -0.2) is 33.2 Å². The zero-order chi connectivity index (χ0) is 45.7. The van der Waals surface area contributed by atoms with E-state index >= 15 is 0 Å². The van der Waals surface area contributed by atoms with Gasteiger partial charge in [-0.05, 0) is 179 Å². The SMILES string of the molecule is Cc1ccc(C)c(Sc2c(C)c(C)c(CCCC(=O)O)c(CCCC(=O)O)c2C)c1C.O=C(O)CCCc1ccc(Sc2ccccc2)cc1.c1ccc(Sc2ccccc2)cc1. The standard InChI is InChI=1S/C26H34O4S.C16H16O2S.C12H10S/c1-15-13-14-16(2)25(17(15)3)31-26-19(5)18(4)21(9-7-11-23(27)28)22(20(26)6)10-8-12-24(29)30;17-16(18)8-4-5-13-9-11-15(12-10-13)19-14-6-2-1-3-7-14;1-3-7-11(8-4-1)13-12-9-5-2-6-10-12/h13-14H,7-12H2,1-6H3,(H,27,28)(H,29,30);1-3,6-7,9-12H,4-5,8H2,(H,17,18);1-10H. The number of carbonyl (C=O) groups is 3. The Morgan fingerprint density at radius 1 is 0.381 bits per heavy atom. The Kier molecular flexibility index (Phi) is 21.1. The Bertz CT molecular complexity index is 2340. The van der Waals surface area contributed by atoms with Gasteiger partial charge in [-0.1, -0.05) is 114 Å². The Labute approximate surface area is 387 Å². The fourth-order valence-electron chi connectivity index (χ4n) is 7.02. The number of rotatable bonds is 18. The van der Waals surface area contributed by atoms with Crippen LogP contribution in [-0.2, 0) is 33.6 Å². The molecule has 0 aliphatic heterocycles. The number of hydrogen-bond acceptors (Lipinski definition) is 6. The molecule has 0 amide bonds. The number of carboxylic acids is 3. The Balaban J connectivity index is 0.000000229. The molecule has 0 fully saturated rings. The largest absolute Gasteiger partial charge is 0.481 e. The lowest BCUT2D eigenvalue weighted by atomic mass is 9.87. The summed E-state index contributed by atoms with van der Waals surface area (Å²) in [6, 6.07) is 43.7. The summed E-state index contributed by atoms with van der Waals surface area (Å²) in [5.41, 5.74) is 11.0. The van der Waals surface area contributed by atoms with Gasteiger partial charge < -0.3 is 15.3 Å². The number of hydrogen-bond donors (Lipinski definition) is 3. The fourth-order valence-corrected chi connectivity index (χ4v) is 10.0. The minimum atomic E-state index is -0.783. The van der Waals surface area contributed by atoms with Crippen molar-refractivity contribution in [1.29, 1.82) is 0 Å². The predicted molar refractivity (Wildman–Crippen MR) is 261 cm³/mol. The second kappa shape index (κ2) is 26.4. The van der Waals surface area contributed by atoms with Crippen molar-refractivity contribution >= 4 is 53.2 Å². The first-order chi connectivity index (χ1) is 30.2. The van der Waals surface area contributed by atoms with Crippen LogP contribution in [0.25, 0.3) is 0 Å². The van der Waals surface area contributed by atoms with Crippen molar-refractivity contribution in [3.63, 3.8) is 0 Å². The van der Waals surface area contributed by atoms with Gasteiger partial charge in [-0.15, -0.1) is 0 Å². The van der Waals surface area contributed by atoms with Crippen LogP contribution in [0.5, 0.6) is 0 Å². The average molecular weight is 901 g/mol. The molecule has 6 aromatic rings. The molecule has 0 aliphatic rings. The summed E-state index contributed by atoms with van der Waals surface area (Å²) >= 11 is 5.32. The van der Waals surface area contributed by atoms with Gasteiger partial charge >= 0.3 is 17.9 Å². The van der Waals surface area contributed by atoms with Gasteiger partial charge in [0, 0.05) is 48.6 Å². The lowest BCUT2D eigenvalue weighted by Gasteiger charge is -2.23. The molecule has 6 rings (SSSR count). The first-order valence-corrected chi connectivity index (χ1v) is 23.8. The van der Waals surface area contributed by atoms with E-state index in [9.17, 15) is 14.4 Å². The van der Waals surface area contributed by atoms with Gasteiger partial charge in [0.25, 0.3) is 0 Å². The molecule has 0 saturated heterocycles. The second-order valence-corrected chi connectivity index (χ2v) is 18.8. The number of aliphatic carboxylic acids is 3. The van der Waals surface area contributed by atoms with E-state index < -0.39 is 17.9 Å². The summed E-state index contributed by atoms with van der Waals surface area (Å²) in [5.74, 6) is -2.29. The molecule has 0 bridgehead atoms. The normalized spacial score (nSPS) is 10.6. The zero-order valence-electron chi connectivity index (χ0n) is 37.3. The summed E-state index contributed by atoms with van der Waals surface area (Å²) in [7, 11) is 0. The van der Waals surface area contributed by atoms with Gasteiger partial charge in [0.1, 0.15) is 0 Å². The Morgan fingerprint density at radius 3 is 1.19 bits per heavy atom. The van der Waals surface area contributed by atoms with Gasteiger partial charge in [0.2, 0.25) is 0 Å². The summed E-state index contributed by atoms with van der Waals surface area (Å²) in [4.78, 5) is 40.0. The molecule has 3 N–H and O–H groups in total. The number of benzene rings is 6. The van der Waals surface area contributed by atoms with Gasteiger partial charge in [-0.3, -0.25) is 14.4 Å². The smallest absolute Gasteiger partial charge is 0.303 e. The predicted octanol–water partition coefficient (Wildman–Crippen LogP) is 14.6. The minimum absolute atomic E-state index is 0.138. The molecule has 9 heteroatoms. The van der Waals surface area contributed by atoms with E-state index in [1.54, 1.807) is 35.3 Å². The van der Waals surface area contributed by atoms with E-state index in [2.05, 4.69) is 139 Å². The molecule has 0 atom stereocenters. The molecule has 0 aliphatic carbocycles. The average Bonchev–Trinajstić information content (AvgIpc) is 3.26. The molecule has 63 heavy (non-hydrogen) atoms. The maximum atomic E-state index is 11.1. The third kappa shape index (κ3) is 17.1. The lowest BCUT2D eigenvalue weighted by Crippen LogP contribution is -2.08. The van der Waals surface area contributed by atoms with Crippen LogP contribution in [0.15, 0.2) is 157 Å². The molecule has 0 aromatic heterocycles. The maximum absolute atomic E-state index is 11.1. The lowest BCUT2D eigenvalue weighted by molar-refractivity contribution is -0.138. The van der Waals surface area contributed by atoms with E-state index in [1.807, 2.05) is 30.3 Å². The molecule has 6 aromatic carbocycles. The summed E-state index contributed by atoms with van der Waals surface area (Å²) < 4.78 is 0. The Morgan fingerprint density at radius 2 is 0.762 bits per heavy atom. The van der Waals surface area contributed by atoms with Gasteiger partial charge in [-0.2, -0.15) is 0 Å². The van der Waals surface area contributed by atoms with Crippen molar-refractivity contribution in [2.75, 3.05) is 0 Å². The first kappa shape index (κ1) is 50.4. The van der Waals surface area contributed by atoms with E-state index in [-0.39, 0.29) is 19.3 Å². The van der Waals surface area contributed by atoms with E-state index in [4.69, 9.17) is 15.3 Å². The first-order valence-electron chi connectivity index (χ1n) is 21.3. The van der Waals surface area contributed by atoms with Crippen molar-refractivity contribution in [2.24, 2.45) is 0 Å². The molecular weight excluding hydrogens is 841 g/mol. The highest BCUT2D eigenvalue weighted by Gasteiger charge is 2.20.